The Bertz CT molecular complexity index is 317. The van der Waals surface area contributed by atoms with Gasteiger partial charge in [-0.1, -0.05) is 20.8 Å². The first kappa shape index (κ1) is 13.2. The van der Waals surface area contributed by atoms with Crippen molar-refractivity contribution < 1.29 is 0 Å². The minimum absolute atomic E-state index is 0.297. The number of hydrogen-bond acceptors (Lipinski definition) is 2. The fraction of sp³-hybridized carbons (Fsp3) is 0.769. The Morgan fingerprint density at radius 2 is 2.06 bits per heavy atom. The summed E-state index contributed by atoms with van der Waals surface area (Å²) in [6.07, 6.45) is 3.09. The fourth-order valence-electron chi connectivity index (χ4n) is 2.01. The van der Waals surface area contributed by atoms with Crippen molar-refractivity contribution in [3.63, 3.8) is 0 Å². The smallest absolute Gasteiger partial charge is 0.0624 e. The highest BCUT2D eigenvalue weighted by Gasteiger charge is 2.14. The lowest BCUT2D eigenvalue weighted by Gasteiger charge is -2.18. The lowest BCUT2D eigenvalue weighted by atomic mass is 9.95. The van der Waals surface area contributed by atoms with Crippen LogP contribution in [0.2, 0.25) is 0 Å². The topological polar surface area (TPSA) is 43.8 Å². The first-order valence-electron chi connectivity index (χ1n) is 6.43. The number of nitrogens with two attached hydrogens (primary N) is 1. The second-order valence-corrected chi connectivity index (χ2v) is 4.55. The third-order valence-electron chi connectivity index (χ3n) is 3.31. The summed E-state index contributed by atoms with van der Waals surface area (Å²) in [4.78, 5) is 0. The van der Waals surface area contributed by atoms with Crippen LogP contribution < -0.4 is 5.73 Å². The molecule has 1 rings (SSSR count). The van der Waals surface area contributed by atoms with Crippen molar-refractivity contribution in [2.24, 2.45) is 11.7 Å². The summed E-state index contributed by atoms with van der Waals surface area (Å²) in [5.41, 5.74) is 8.58. The molecule has 2 N–H and O–H groups in total. The lowest BCUT2D eigenvalue weighted by Crippen LogP contribution is -2.29. The Labute approximate surface area is 99.0 Å². The number of aryl methyl sites for hydroxylation is 2. The molecule has 0 amide bonds. The van der Waals surface area contributed by atoms with Crippen LogP contribution in [0, 0.1) is 5.92 Å². The molecule has 0 fully saturated rings. The zero-order valence-electron chi connectivity index (χ0n) is 11.0. The molecule has 0 radical (unpaired) electrons. The first-order chi connectivity index (χ1) is 7.62. The molecule has 1 heterocycles. The summed E-state index contributed by atoms with van der Waals surface area (Å²) in [7, 11) is 0. The van der Waals surface area contributed by atoms with Crippen LogP contribution in [-0.4, -0.2) is 15.8 Å². The van der Waals surface area contributed by atoms with Gasteiger partial charge in [-0.25, -0.2) is 0 Å². The molecule has 0 aliphatic carbocycles. The van der Waals surface area contributed by atoms with Gasteiger partial charge < -0.3 is 5.73 Å². The van der Waals surface area contributed by atoms with Crippen LogP contribution >= 0.6 is 0 Å². The first-order valence-corrected chi connectivity index (χ1v) is 6.43. The zero-order chi connectivity index (χ0) is 12.1. The van der Waals surface area contributed by atoms with Gasteiger partial charge in [-0.05, 0) is 38.2 Å². The average Bonchev–Trinajstić information content (AvgIpc) is 2.70. The summed E-state index contributed by atoms with van der Waals surface area (Å²) in [6.45, 7) is 9.61. The molecule has 0 saturated carbocycles. The molecule has 2 unspecified atom stereocenters. The minimum atomic E-state index is 0.297. The molecule has 1 aromatic rings. The number of nitrogens with zero attached hydrogens (tertiary/aromatic N) is 2. The molecule has 92 valence electrons. The standard InChI is InChI=1S/C13H25N3/c1-5-11-9-12(16(7-3)15-11)8-10(4)13(14)6-2/h9-10,13H,5-8,14H2,1-4H3. The second-order valence-electron chi connectivity index (χ2n) is 4.55. The van der Waals surface area contributed by atoms with Crippen molar-refractivity contribution in [2.45, 2.75) is 59.5 Å². The second kappa shape index (κ2) is 6.04. The Hall–Kier alpha value is -0.830. The quantitative estimate of drug-likeness (QED) is 0.804. The summed E-state index contributed by atoms with van der Waals surface area (Å²) in [5, 5.41) is 4.56. The third-order valence-corrected chi connectivity index (χ3v) is 3.31. The van der Waals surface area contributed by atoms with E-state index in [1.807, 2.05) is 0 Å². The predicted molar refractivity (Wildman–Crippen MR) is 68.4 cm³/mol. The fourth-order valence-corrected chi connectivity index (χ4v) is 2.01. The highest BCUT2D eigenvalue weighted by atomic mass is 15.3. The Balaban J connectivity index is 2.75. The van der Waals surface area contributed by atoms with Gasteiger partial charge in [0.1, 0.15) is 0 Å². The van der Waals surface area contributed by atoms with Gasteiger partial charge in [-0.15, -0.1) is 0 Å². The molecule has 0 aliphatic rings. The molecule has 0 aliphatic heterocycles. The Kier molecular flexibility index (Phi) is 5.00. The van der Waals surface area contributed by atoms with E-state index in [-0.39, 0.29) is 0 Å². The molecule has 0 spiro atoms. The van der Waals surface area contributed by atoms with Crippen molar-refractivity contribution in [2.75, 3.05) is 0 Å². The molecule has 0 bridgehead atoms. The third kappa shape index (κ3) is 3.08. The van der Waals surface area contributed by atoms with Crippen molar-refractivity contribution in [1.29, 1.82) is 0 Å². The van der Waals surface area contributed by atoms with Crippen molar-refractivity contribution in [1.82, 2.24) is 9.78 Å². The Morgan fingerprint density at radius 3 is 2.56 bits per heavy atom. The van der Waals surface area contributed by atoms with Gasteiger partial charge >= 0.3 is 0 Å². The van der Waals surface area contributed by atoms with E-state index in [0.29, 0.717) is 12.0 Å². The van der Waals surface area contributed by atoms with Gasteiger partial charge in [0.2, 0.25) is 0 Å². The number of aromatic nitrogens is 2. The van der Waals surface area contributed by atoms with E-state index in [0.717, 1.165) is 25.8 Å². The van der Waals surface area contributed by atoms with Gasteiger partial charge in [0.25, 0.3) is 0 Å². The maximum absolute atomic E-state index is 6.07. The van der Waals surface area contributed by atoms with E-state index in [1.165, 1.54) is 11.4 Å². The van der Waals surface area contributed by atoms with Crippen LogP contribution in [0.25, 0.3) is 0 Å². The van der Waals surface area contributed by atoms with E-state index in [4.69, 9.17) is 5.73 Å². The van der Waals surface area contributed by atoms with E-state index in [9.17, 15) is 0 Å². The largest absolute Gasteiger partial charge is 0.327 e. The normalized spacial score (nSPS) is 15.1. The molecule has 3 nitrogen and oxygen atoms in total. The molecule has 2 atom stereocenters. The van der Waals surface area contributed by atoms with E-state index >= 15 is 0 Å². The van der Waals surface area contributed by atoms with Gasteiger partial charge in [0.15, 0.2) is 0 Å². The van der Waals surface area contributed by atoms with Crippen molar-refractivity contribution >= 4 is 0 Å². The zero-order valence-corrected chi connectivity index (χ0v) is 11.0. The van der Waals surface area contributed by atoms with E-state index < -0.39 is 0 Å². The van der Waals surface area contributed by atoms with Crippen LogP contribution in [0.15, 0.2) is 6.07 Å². The van der Waals surface area contributed by atoms with Crippen LogP contribution in [0.1, 0.15) is 45.5 Å². The highest BCUT2D eigenvalue weighted by Crippen LogP contribution is 2.14. The van der Waals surface area contributed by atoms with Crippen LogP contribution in [0.4, 0.5) is 0 Å². The number of rotatable bonds is 6. The van der Waals surface area contributed by atoms with Gasteiger partial charge in [-0.3, -0.25) is 4.68 Å². The van der Waals surface area contributed by atoms with Gasteiger partial charge in [0.05, 0.1) is 5.69 Å². The predicted octanol–water partition coefficient (Wildman–Crippen LogP) is 2.38. The summed E-state index contributed by atoms with van der Waals surface area (Å²) in [6, 6.07) is 2.52. The Morgan fingerprint density at radius 1 is 1.38 bits per heavy atom. The monoisotopic (exact) mass is 223 g/mol. The number of hydrogen-bond donors (Lipinski definition) is 1. The molecular formula is C13H25N3. The lowest BCUT2D eigenvalue weighted by molar-refractivity contribution is 0.427. The molecule has 0 saturated heterocycles. The molecule has 3 heteroatoms. The van der Waals surface area contributed by atoms with E-state index in [2.05, 4.69) is 43.5 Å². The summed E-state index contributed by atoms with van der Waals surface area (Å²) >= 11 is 0. The average molecular weight is 223 g/mol. The minimum Gasteiger partial charge on any atom is -0.327 e. The molecule has 0 aromatic carbocycles. The van der Waals surface area contributed by atoms with Crippen molar-refractivity contribution in [3.05, 3.63) is 17.5 Å². The maximum Gasteiger partial charge on any atom is 0.0624 e. The maximum atomic E-state index is 6.07. The van der Waals surface area contributed by atoms with Gasteiger partial charge in [-0.2, -0.15) is 5.10 Å². The van der Waals surface area contributed by atoms with Crippen LogP contribution in [-0.2, 0) is 19.4 Å². The van der Waals surface area contributed by atoms with Gasteiger partial charge in [0, 0.05) is 18.3 Å². The molecule has 1 aromatic heterocycles. The summed E-state index contributed by atoms with van der Waals surface area (Å²) in [5.74, 6) is 0.525. The molecular weight excluding hydrogens is 198 g/mol. The highest BCUT2D eigenvalue weighted by molar-refractivity contribution is 5.11. The van der Waals surface area contributed by atoms with Crippen LogP contribution in [0.3, 0.4) is 0 Å². The van der Waals surface area contributed by atoms with Crippen molar-refractivity contribution in [3.8, 4) is 0 Å². The molecule has 16 heavy (non-hydrogen) atoms. The summed E-state index contributed by atoms with van der Waals surface area (Å²) < 4.78 is 2.11. The van der Waals surface area contributed by atoms with Crippen LogP contribution in [0.5, 0.6) is 0 Å². The van der Waals surface area contributed by atoms with E-state index in [1.54, 1.807) is 0 Å². The SMILES string of the molecule is CCc1cc(CC(C)C(N)CC)n(CC)n1.